The van der Waals surface area contributed by atoms with Crippen molar-refractivity contribution in [2.45, 2.75) is 6.92 Å². The van der Waals surface area contributed by atoms with Crippen molar-refractivity contribution in [3.63, 3.8) is 0 Å². The molecule has 6 heteroatoms. The van der Waals surface area contributed by atoms with Gasteiger partial charge < -0.3 is 15.4 Å². The molecule has 0 aliphatic rings. The summed E-state index contributed by atoms with van der Waals surface area (Å²) >= 11 is 0. The summed E-state index contributed by atoms with van der Waals surface area (Å²) in [5, 5.41) is 5.94. The second kappa shape index (κ2) is 8.14. The number of benzene rings is 2. The van der Waals surface area contributed by atoms with Gasteiger partial charge in [0.1, 0.15) is 11.6 Å². The number of pyridine rings is 1. The Bertz CT molecular complexity index is 951. The van der Waals surface area contributed by atoms with Gasteiger partial charge in [0.15, 0.2) is 5.78 Å². The lowest BCUT2D eigenvalue weighted by atomic mass is 10.1. The van der Waals surface area contributed by atoms with E-state index in [4.69, 9.17) is 4.74 Å². The summed E-state index contributed by atoms with van der Waals surface area (Å²) < 4.78 is 5.13. The van der Waals surface area contributed by atoms with E-state index in [2.05, 4.69) is 15.6 Å². The molecule has 3 aromatic rings. The summed E-state index contributed by atoms with van der Waals surface area (Å²) in [4.78, 5) is 27.9. The maximum Gasteiger partial charge on any atom is 0.256 e. The van der Waals surface area contributed by atoms with Crippen LogP contribution in [0.5, 0.6) is 5.75 Å². The van der Waals surface area contributed by atoms with Crippen LogP contribution in [0, 0.1) is 0 Å². The average Bonchev–Trinajstić information content (AvgIpc) is 2.70. The van der Waals surface area contributed by atoms with Gasteiger partial charge in [0, 0.05) is 16.8 Å². The standard InChI is InChI=1S/C21H19N3O3/c1-14(25)15-6-8-17(9-7-15)23-18-10-11-20(22-13-18)24-21(26)16-4-3-5-19(12-16)27-2/h3-13,23H,1-2H3,(H,22,24,26). The van der Waals surface area contributed by atoms with Gasteiger partial charge in [0.25, 0.3) is 5.91 Å². The molecule has 27 heavy (non-hydrogen) atoms. The van der Waals surface area contributed by atoms with Crippen molar-refractivity contribution in [2.24, 2.45) is 0 Å². The van der Waals surface area contributed by atoms with Crippen LogP contribution in [0.3, 0.4) is 0 Å². The topological polar surface area (TPSA) is 80.3 Å². The van der Waals surface area contributed by atoms with Gasteiger partial charge in [-0.2, -0.15) is 0 Å². The highest BCUT2D eigenvalue weighted by Gasteiger charge is 2.08. The summed E-state index contributed by atoms with van der Waals surface area (Å²) in [7, 11) is 1.55. The van der Waals surface area contributed by atoms with Crippen molar-refractivity contribution in [2.75, 3.05) is 17.7 Å². The Balaban J connectivity index is 1.64. The molecule has 0 atom stereocenters. The number of aromatic nitrogens is 1. The van der Waals surface area contributed by atoms with Crippen molar-refractivity contribution >= 4 is 28.9 Å². The SMILES string of the molecule is COc1cccc(C(=O)Nc2ccc(Nc3ccc(C(C)=O)cc3)cn2)c1. The van der Waals surface area contributed by atoms with Crippen LogP contribution < -0.4 is 15.4 Å². The molecule has 0 radical (unpaired) electrons. The first-order valence-electron chi connectivity index (χ1n) is 8.34. The number of hydrogen-bond acceptors (Lipinski definition) is 5. The number of Topliss-reactive ketones (excluding diaryl/α,β-unsaturated/α-hetero) is 1. The molecule has 1 heterocycles. The van der Waals surface area contributed by atoms with E-state index < -0.39 is 0 Å². The van der Waals surface area contributed by atoms with Gasteiger partial charge in [-0.3, -0.25) is 9.59 Å². The summed E-state index contributed by atoms with van der Waals surface area (Å²) in [6.07, 6.45) is 1.63. The lowest BCUT2D eigenvalue weighted by Crippen LogP contribution is -2.12. The molecule has 0 saturated heterocycles. The molecule has 3 rings (SSSR count). The molecule has 0 spiro atoms. The maximum atomic E-state index is 12.3. The summed E-state index contributed by atoms with van der Waals surface area (Å²) in [6, 6.07) is 17.6. The Kier molecular flexibility index (Phi) is 5.47. The molecule has 2 aromatic carbocycles. The van der Waals surface area contributed by atoms with E-state index in [1.807, 2.05) is 18.2 Å². The Morgan fingerprint density at radius 3 is 2.30 bits per heavy atom. The molecular weight excluding hydrogens is 342 g/mol. The summed E-state index contributed by atoms with van der Waals surface area (Å²) in [6.45, 7) is 1.53. The largest absolute Gasteiger partial charge is 0.497 e. The zero-order chi connectivity index (χ0) is 19.2. The van der Waals surface area contributed by atoms with Gasteiger partial charge in [-0.1, -0.05) is 6.07 Å². The minimum Gasteiger partial charge on any atom is -0.497 e. The van der Waals surface area contributed by atoms with E-state index in [0.717, 1.165) is 11.4 Å². The second-order valence-electron chi connectivity index (χ2n) is 5.88. The maximum absolute atomic E-state index is 12.3. The van der Waals surface area contributed by atoms with Crippen LogP contribution >= 0.6 is 0 Å². The fraction of sp³-hybridized carbons (Fsp3) is 0.0952. The third-order valence-corrected chi connectivity index (χ3v) is 3.92. The minimum absolute atomic E-state index is 0.0272. The number of methoxy groups -OCH3 is 1. The number of rotatable bonds is 6. The number of carbonyl (C=O) groups excluding carboxylic acids is 2. The zero-order valence-electron chi connectivity index (χ0n) is 15.0. The first kappa shape index (κ1) is 18.1. The van der Waals surface area contributed by atoms with E-state index in [1.54, 1.807) is 55.8 Å². The van der Waals surface area contributed by atoms with E-state index in [0.29, 0.717) is 22.7 Å². The summed E-state index contributed by atoms with van der Waals surface area (Å²) in [5.74, 6) is 0.826. The monoisotopic (exact) mass is 361 g/mol. The molecule has 0 saturated carbocycles. The highest BCUT2D eigenvalue weighted by molar-refractivity contribution is 6.04. The molecule has 0 aliphatic heterocycles. The van der Waals surface area contributed by atoms with Crippen molar-refractivity contribution in [1.82, 2.24) is 4.98 Å². The molecule has 136 valence electrons. The van der Waals surface area contributed by atoms with Crippen LogP contribution in [0.4, 0.5) is 17.2 Å². The number of anilines is 3. The number of nitrogens with zero attached hydrogens (tertiary/aromatic N) is 1. The number of amides is 1. The minimum atomic E-state index is -0.262. The van der Waals surface area contributed by atoms with Crippen LogP contribution in [-0.2, 0) is 0 Å². The van der Waals surface area contributed by atoms with Crippen LogP contribution in [-0.4, -0.2) is 23.8 Å². The lowest BCUT2D eigenvalue weighted by Gasteiger charge is -2.09. The molecular formula is C21H19N3O3. The number of ether oxygens (including phenoxy) is 1. The molecule has 6 nitrogen and oxygen atoms in total. The Hall–Kier alpha value is -3.67. The average molecular weight is 361 g/mol. The number of carbonyl (C=O) groups is 2. The molecule has 2 N–H and O–H groups in total. The van der Waals surface area contributed by atoms with Crippen LogP contribution in [0.15, 0.2) is 66.9 Å². The zero-order valence-corrected chi connectivity index (χ0v) is 15.0. The van der Waals surface area contributed by atoms with Gasteiger partial charge in [-0.15, -0.1) is 0 Å². The van der Waals surface area contributed by atoms with E-state index in [9.17, 15) is 9.59 Å². The van der Waals surface area contributed by atoms with Gasteiger partial charge in [0.05, 0.1) is 19.0 Å². The van der Waals surface area contributed by atoms with Crippen molar-refractivity contribution in [3.05, 3.63) is 78.0 Å². The van der Waals surface area contributed by atoms with Gasteiger partial charge >= 0.3 is 0 Å². The van der Waals surface area contributed by atoms with Crippen LogP contribution in [0.1, 0.15) is 27.6 Å². The normalized spacial score (nSPS) is 10.1. The Morgan fingerprint density at radius 2 is 1.67 bits per heavy atom. The highest BCUT2D eigenvalue weighted by Crippen LogP contribution is 2.19. The number of hydrogen-bond donors (Lipinski definition) is 2. The van der Waals surface area contributed by atoms with E-state index in [1.165, 1.54) is 6.92 Å². The van der Waals surface area contributed by atoms with Crippen molar-refractivity contribution < 1.29 is 14.3 Å². The van der Waals surface area contributed by atoms with Crippen LogP contribution in [0.2, 0.25) is 0 Å². The second-order valence-corrected chi connectivity index (χ2v) is 5.88. The molecule has 1 aromatic heterocycles. The van der Waals surface area contributed by atoms with E-state index >= 15 is 0 Å². The van der Waals surface area contributed by atoms with Crippen LogP contribution in [0.25, 0.3) is 0 Å². The van der Waals surface area contributed by atoms with E-state index in [-0.39, 0.29) is 11.7 Å². The molecule has 1 amide bonds. The number of ketones is 1. The summed E-state index contributed by atoms with van der Waals surface area (Å²) in [5.41, 5.74) is 2.76. The van der Waals surface area contributed by atoms with Gasteiger partial charge in [-0.05, 0) is 61.5 Å². The molecule has 0 aliphatic carbocycles. The Morgan fingerprint density at radius 1 is 0.926 bits per heavy atom. The Labute approximate surface area is 157 Å². The molecule has 0 bridgehead atoms. The third kappa shape index (κ3) is 4.70. The number of nitrogens with one attached hydrogen (secondary N) is 2. The first-order chi connectivity index (χ1) is 13.0. The fourth-order valence-electron chi connectivity index (χ4n) is 2.45. The third-order valence-electron chi connectivity index (χ3n) is 3.92. The quantitative estimate of drug-likeness (QED) is 0.640. The predicted octanol–water partition coefficient (Wildman–Crippen LogP) is 4.29. The predicted molar refractivity (Wildman–Crippen MR) is 105 cm³/mol. The van der Waals surface area contributed by atoms with Gasteiger partial charge in [-0.25, -0.2) is 4.98 Å². The van der Waals surface area contributed by atoms with Crippen molar-refractivity contribution in [1.29, 1.82) is 0 Å². The fourth-order valence-corrected chi connectivity index (χ4v) is 2.45. The molecule has 0 unspecified atom stereocenters. The van der Waals surface area contributed by atoms with Crippen molar-refractivity contribution in [3.8, 4) is 5.75 Å². The highest BCUT2D eigenvalue weighted by atomic mass is 16.5. The lowest BCUT2D eigenvalue weighted by molar-refractivity contribution is 0.101. The molecule has 0 fully saturated rings. The van der Waals surface area contributed by atoms with Gasteiger partial charge in [0.2, 0.25) is 0 Å². The smallest absolute Gasteiger partial charge is 0.256 e. The first-order valence-corrected chi connectivity index (χ1v) is 8.34.